The highest BCUT2D eigenvalue weighted by Gasteiger charge is 2.51. The maximum absolute atomic E-state index is 15.5. The Kier molecular flexibility index (Phi) is 8.48. The van der Waals surface area contributed by atoms with Gasteiger partial charge < -0.3 is 14.0 Å². The summed E-state index contributed by atoms with van der Waals surface area (Å²) in [6.45, 7) is 12.6. The lowest BCUT2D eigenvalue weighted by molar-refractivity contribution is -0.115. The van der Waals surface area contributed by atoms with Gasteiger partial charge in [-0.15, -0.1) is 0 Å². The van der Waals surface area contributed by atoms with Crippen molar-refractivity contribution in [3.05, 3.63) is 29.1 Å². The van der Waals surface area contributed by atoms with Crippen molar-refractivity contribution in [2.45, 2.75) is 98.3 Å². The molecule has 234 valence electrons. The van der Waals surface area contributed by atoms with Gasteiger partial charge in [-0.25, -0.2) is 9.11 Å². The van der Waals surface area contributed by atoms with E-state index in [2.05, 4.69) is 0 Å². The van der Waals surface area contributed by atoms with Gasteiger partial charge in [-0.05, 0) is 94.2 Å². The molecule has 1 aromatic carbocycles. The highest BCUT2D eigenvalue weighted by Crippen LogP contribution is 2.60. The van der Waals surface area contributed by atoms with E-state index in [1.807, 2.05) is 38.6 Å². The molecule has 11 heteroatoms. The SMILES string of the molecule is CC(O[Si](C)(C)C(=O)CC(C)(C)C)c1cc(C(=O)NS(=O)(=O)N2CCC2)c(F)cc1OCC12CC3CC(CC(C3)C1)C2. The molecule has 1 amide bonds. The number of halogens is 1. The van der Waals surface area contributed by atoms with Crippen LogP contribution in [0.4, 0.5) is 4.39 Å². The molecule has 1 N–H and O–H groups in total. The van der Waals surface area contributed by atoms with Crippen molar-refractivity contribution >= 4 is 29.8 Å². The molecule has 1 heterocycles. The second-order valence-corrected chi connectivity index (χ2v) is 20.7. The summed E-state index contributed by atoms with van der Waals surface area (Å²) in [5.74, 6) is 0.588. The number of nitrogens with zero attached hydrogens (tertiary/aromatic N) is 1. The Morgan fingerprint density at radius 3 is 2.17 bits per heavy atom. The first-order valence-electron chi connectivity index (χ1n) is 15.4. The number of carbonyl (C=O) groups excluding carboxylic acids is 2. The third-order valence-corrected chi connectivity index (χ3v) is 13.6. The first-order chi connectivity index (χ1) is 19.5. The van der Waals surface area contributed by atoms with E-state index in [0.717, 1.165) is 41.3 Å². The van der Waals surface area contributed by atoms with Crippen molar-refractivity contribution in [3.8, 4) is 5.75 Å². The molecule has 42 heavy (non-hydrogen) atoms. The van der Waals surface area contributed by atoms with Crippen LogP contribution in [0.5, 0.6) is 5.75 Å². The van der Waals surface area contributed by atoms with Gasteiger partial charge in [-0.1, -0.05) is 20.8 Å². The minimum Gasteiger partial charge on any atom is -0.493 e. The zero-order valence-electron chi connectivity index (χ0n) is 25.9. The quantitative estimate of drug-likeness (QED) is 0.307. The predicted octanol–water partition coefficient (Wildman–Crippen LogP) is 5.93. The van der Waals surface area contributed by atoms with Crippen molar-refractivity contribution in [2.24, 2.45) is 28.6 Å². The fraction of sp³-hybridized carbons (Fsp3) is 0.742. The standard InChI is InChI=1S/C31H47FN2O6SSi/c1-20(40-42(5,6)28(35)18-30(2,3)4)24-13-25(29(36)33-41(37,38)34-8-7-9-34)26(32)14-27(24)39-19-31-15-21-10-22(16-31)12-23(11-21)17-31/h13-14,20-23H,7-12,15-19H2,1-6H3,(H,33,36). The van der Waals surface area contributed by atoms with Crippen molar-refractivity contribution < 1.29 is 31.6 Å². The predicted molar refractivity (Wildman–Crippen MR) is 161 cm³/mol. The van der Waals surface area contributed by atoms with Crippen LogP contribution in [-0.2, 0) is 19.4 Å². The molecule has 4 aliphatic carbocycles. The minimum atomic E-state index is -4.06. The molecule has 0 spiro atoms. The Labute approximate surface area is 251 Å². The van der Waals surface area contributed by atoms with Crippen LogP contribution in [0, 0.1) is 34.4 Å². The number of amides is 1. The van der Waals surface area contributed by atoms with Crippen molar-refractivity contribution in [3.63, 3.8) is 0 Å². The Hall–Kier alpha value is -1.82. The van der Waals surface area contributed by atoms with Gasteiger partial charge in [0.05, 0.1) is 18.3 Å². The number of rotatable bonds is 11. The van der Waals surface area contributed by atoms with E-state index in [1.54, 1.807) is 6.92 Å². The summed E-state index contributed by atoms with van der Waals surface area (Å²) in [5, 5.41) is 0.0682. The summed E-state index contributed by atoms with van der Waals surface area (Å²) in [4.78, 5) is 26.3. The monoisotopic (exact) mass is 622 g/mol. The fourth-order valence-corrected chi connectivity index (χ4v) is 11.2. The zero-order valence-corrected chi connectivity index (χ0v) is 27.7. The molecule has 5 aliphatic rings. The van der Waals surface area contributed by atoms with Gasteiger partial charge in [-0.3, -0.25) is 4.79 Å². The average molecular weight is 623 g/mol. The van der Waals surface area contributed by atoms with Gasteiger partial charge in [0.15, 0.2) is 0 Å². The van der Waals surface area contributed by atoms with Gasteiger partial charge >= 0.3 is 10.2 Å². The van der Waals surface area contributed by atoms with Gasteiger partial charge in [0.1, 0.15) is 17.0 Å². The second kappa shape index (κ2) is 11.3. The van der Waals surface area contributed by atoms with Crippen LogP contribution in [0.25, 0.3) is 0 Å². The second-order valence-electron chi connectivity index (χ2n) is 15.2. The van der Waals surface area contributed by atoms with Crippen molar-refractivity contribution in [1.82, 2.24) is 9.03 Å². The number of benzene rings is 1. The van der Waals surface area contributed by atoms with E-state index in [9.17, 15) is 18.0 Å². The normalized spacial score (nSPS) is 28.3. The Balaban J connectivity index is 1.41. The Morgan fingerprint density at radius 2 is 1.67 bits per heavy atom. The van der Waals surface area contributed by atoms with Crippen molar-refractivity contribution in [2.75, 3.05) is 19.7 Å². The summed E-state index contributed by atoms with van der Waals surface area (Å²) >= 11 is 0. The van der Waals surface area contributed by atoms with E-state index >= 15 is 4.39 Å². The lowest BCUT2D eigenvalue weighted by atomic mass is 9.50. The van der Waals surface area contributed by atoms with Gasteiger partial charge in [-0.2, -0.15) is 12.7 Å². The summed E-state index contributed by atoms with van der Waals surface area (Å²) < 4.78 is 56.7. The van der Waals surface area contributed by atoms with E-state index in [4.69, 9.17) is 9.16 Å². The first kappa shape index (κ1) is 31.6. The Morgan fingerprint density at radius 1 is 1.10 bits per heavy atom. The Bertz CT molecular complexity index is 1300. The number of hydrogen-bond donors (Lipinski definition) is 1. The molecule has 1 atom stereocenters. The summed E-state index contributed by atoms with van der Waals surface area (Å²) in [7, 11) is -6.92. The van der Waals surface area contributed by atoms with Crippen LogP contribution >= 0.6 is 0 Å². The molecule has 6 rings (SSSR count). The van der Waals surface area contributed by atoms with E-state index in [0.29, 0.717) is 38.1 Å². The van der Waals surface area contributed by atoms with Crippen LogP contribution < -0.4 is 9.46 Å². The molecule has 0 radical (unpaired) electrons. The van der Waals surface area contributed by atoms with E-state index in [1.165, 1.54) is 31.4 Å². The van der Waals surface area contributed by atoms with Gasteiger partial charge in [0.25, 0.3) is 14.2 Å². The fourth-order valence-electron chi connectivity index (χ4n) is 7.92. The minimum absolute atomic E-state index is 0.0682. The molecule has 1 unspecified atom stereocenters. The topological polar surface area (TPSA) is 102 Å². The average Bonchev–Trinajstić information content (AvgIpc) is 2.78. The number of nitrogens with one attached hydrogen (secondary N) is 1. The van der Waals surface area contributed by atoms with E-state index in [-0.39, 0.29) is 22.0 Å². The van der Waals surface area contributed by atoms with E-state index < -0.39 is 41.9 Å². The highest BCUT2D eigenvalue weighted by atomic mass is 32.2. The number of hydrogen-bond acceptors (Lipinski definition) is 6. The molecular weight excluding hydrogens is 576 g/mol. The maximum Gasteiger partial charge on any atom is 0.304 e. The third kappa shape index (κ3) is 6.79. The summed E-state index contributed by atoms with van der Waals surface area (Å²) in [6.07, 6.45) is 7.69. The van der Waals surface area contributed by atoms with Crippen LogP contribution in [0.15, 0.2) is 12.1 Å². The van der Waals surface area contributed by atoms with Crippen molar-refractivity contribution in [1.29, 1.82) is 0 Å². The lowest BCUT2D eigenvalue weighted by Gasteiger charge is -2.56. The molecular formula is C31H47FN2O6SSi. The molecule has 5 fully saturated rings. The molecule has 4 bridgehead atoms. The molecule has 1 saturated heterocycles. The zero-order chi connectivity index (χ0) is 30.7. The molecule has 4 saturated carbocycles. The summed E-state index contributed by atoms with van der Waals surface area (Å²) in [5.41, 5.74) is -0.0719. The van der Waals surface area contributed by atoms with Gasteiger partial charge in [0.2, 0.25) is 0 Å². The molecule has 8 nitrogen and oxygen atoms in total. The molecule has 0 aromatic heterocycles. The van der Waals surface area contributed by atoms with Crippen LogP contribution in [0.1, 0.15) is 101 Å². The first-order valence-corrected chi connectivity index (χ1v) is 19.8. The largest absolute Gasteiger partial charge is 0.493 e. The summed E-state index contributed by atoms with van der Waals surface area (Å²) in [6, 6.07) is 2.53. The maximum atomic E-state index is 15.5. The van der Waals surface area contributed by atoms with Crippen LogP contribution in [0.2, 0.25) is 13.1 Å². The number of ether oxygens (including phenoxy) is 1. The highest BCUT2D eigenvalue weighted by molar-refractivity contribution is 7.87. The molecule has 1 aliphatic heterocycles. The number of carbonyl (C=O) groups is 2. The molecule has 1 aromatic rings. The smallest absolute Gasteiger partial charge is 0.304 e. The van der Waals surface area contributed by atoms with Crippen LogP contribution in [-0.4, -0.2) is 52.1 Å². The van der Waals surface area contributed by atoms with Gasteiger partial charge in [0, 0.05) is 36.6 Å². The van der Waals surface area contributed by atoms with Crippen LogP contribution in [0.3, 0.4) is 0 Å². The lowest BCUT2D eigenvalue weighted by Crippen LogP contribution is -2.50. The third-order valence-electron chi connectivity index (χ3n) is 9.69.